The zero-order valence-corrected chi connectivity index (χ0v) is 19.5. The second-order valence-corrected chi connectivity index (χ2v) is 9.86. The summed E-state index contributed by atoms with van der Waals surface area (Å²) in [6.07, 6.45) is 6.30. The van der Waals surface area contributed by atoms with Crippen molar-refractivity contribution in [3.8, 4) is 5.75 Å². The van der Waals surface area contributed by atoms with E-state index in [2.05, 4.69) is 42.3 Å². The summed E-state index contributed by atoms with van der Waals surface area (Å²) < 4.78 is 64.8. The number of unbranched alkanes of at least 4 members (excludes halogenated alkanes) is 1. The molecule has 5 nitrogen and oxygen atoms in total. The predicted octanol–water partition coefficient (Wildman–Crippen LogP) is 6.06. The van der Waals surface area contributed by atoms with Gasteiger partial charge in [0.1, 0.15) is 5.75 Å². The van der Waals surface area contributed by atoms with Crippen LogP contribution in [-0.4, -0.2) is 49.6 Å². The number of nitrogens with zero attached hydrogens (tertiary/aromatic N) is 1. The summed E-state index contributed by atoms with van der Waals surface area (Å²) >= 11 is 1.86. The molecular formula is C21H30F3NO4S2. The summed E-state index contributed by atoms with van der Waals surface area (Å²) in [5, 5.41) is 3.81. The second-order valence-electron chi connectivity index (χ2n) is 7.56. The van der Waals surface area contributed by atoms with E-state index in [1.807, 2.05) is 11.3 Å². The molecule has 0 atom stereocenters. The van der Waals surface area contributed by atoms with Gasteiger partial charge in [-0.2, -0.15) is 21.6 Å². The van der Waals surface area contributed by atoms with Gasteiger partial charge in [0, 0.05) is 0 Å². The van der Waals surface area contributed by atoms with Gasteiger partial charge in [-0.15, -0.1) is 11.3 Å². The molecule has 1 aromatic heterocycles. The van der Waals surface area contributed by atoms with Crippen LogP contribution in [0.3, 0.4) is 0 Å². The molecule has 0 unspecified atom stereocenters. The number of piperidine rings is 1. The summed E-state index contributed by atoms with van der Waals surface area (Å²) in [6, 6.07) is 6.55. The molecule has 0 amide bonds. The lowest BCUT2D eigenvalue weighted by atomic mass is 9.89. The van der Waals surface area contributed by atoms with E-state index in [0.29, 0.717) is 0 Å². The molecule has 0 spiro atoms. The van der Waals surface area contributed by atoms with Crippen molar-refractivity contribution >= 4 is 31.5 Å². The summed E-state index contributed by atoms with van der Waals surface area (Å²) in [5.41, 5.74) is -3.98. The Bertz CT molecular complexity index is 920. The van der Waals surface area contributed by atoms with E-state index in [9.17, 15) is 13.2 Å². The number of hydrogen-bond acceptors (Lipinski definition) is 5. The zero-order chi connectivity index (χ0) is 23.1. The Morgan fingerprint density at radius 3 is 2.39 bits per heavy atom. The molecule has 31 heavy (non-hydrogen) atoms. The first-order valence-corrected chi connectivity index (χ1v) is 12.8. The third-order valence-corrected chi connectivity index (χ3v) is 6.82. The van der Waals surface area contributed by atoms with Gasteiger partial charge >= 0.3 is 15.6 Å². The molecule has 10 heteroatoms. The Labute approximate surface area is 185 Å². The minimum atomic E-state index is -5.84. The van der Waals surface area contributed by atoms with Gasteiger partial charge in [0.05, 0.1) is 11.3 Å². The van der Waals surface area contributed by atoms with Crippen LogP contribution in [0.4, 0.5) is 13.2 Å². The van der Waals surface area contributed by atoms with Crippen molar-refractivity contribution in [2.45, 2.75) is 57.4 Å². The molecule has 0 radical (unpaired) electrons. The monoisotopic (exact) mass is 481 g/mol. The first-order valence-electron chi connectivity index (χ1n) is 10.5. The fourth-order valence-corrected chi connectivity index (χ4v) is 4.66. The standard InChI is InChI=1S/C20H29NOS.CHF3O3S/c1-3-5-11-21-12-9-16(10-13-21)18-15-23-20-17(18)7-6-8-19(20)22-14-4-2;2-1(3,4)8(5,6)7/h6-8,15-16H,3-5,9-14H2,1-2H3;(H,5,6,7). The number of likely N-dealkylation sites (tertiary alicyclic amines) is 1. The number of alkyl halides is 3. The van der Waals surface area contributed by atoms with Crippen LogP contribution in [0.2, 0.25) is 0 Å². The van der Waals surface area contributed by atoms with Gasteiger partial charge in [-0.25, -0.2) is 0 Å². The lowest BCUT2D eigenvalue weighted by Gasteiger charge is -2.31. The molecule has 0 bridgehead atoms. The van der Waals surface area contributed by atoms with E-state index >= 15 is 0 Å². The SMILES string of the molecule is CCCCN1CCC(c2csc3c(OCCC)cccc23)CC1.O=S(=O)(O)C(F)(F)F. The van der Waals surface area contributed by atoms with E-state index in [0.717, 1.165) is 24.7 Å². The lowest BCUT2D eigenvalue weighted by Crippen LogP contribution is -2.33. The number of halogens is 3. The molecule has 1 aliphatic rings. The fraction of sp³-hybridized carbons (Fsp3) is 0.619. The third-order valence-electron chi connectivity index (χ3n) is 5.20. The average molecular weight is 482 g/mol. The highest BCUT2D eigenvalue weighted by molar-refractivity contribution is 7.86. The van der Waals surface area contributed by atoms with Gasteiger partial charge in [-0.05, 0) is 73.6 Å². The van der Waals surface area contributed by atoms with Crippen LogP contribution < -0.4 is 4.74 Å². The van der Waals surface area contributed by atoms with E-state index < -0.39 is 15.6 Å². The molecule has 1 fully saturated rings. The van der Waals surface area contributed by atoms with E-state index in [1.54, 1.807) is 5.56 Å². The van der Waals surface area contributed by atoms with Gasteiger partial charge in [0.2, 0.25) is 0 Å². The first kappa shape index (κ1) is 25.9. The molecule has 1 saturated heterocycles. The molecular weight excluding hydrogens is 451 g/mol. The van der Waals surface area contributed by atoms with Crippen molar-refractivity contribution in [3.63, 3.8) is 0 Å². The predicted molar refractivity (Wildman–Crippen MR) is 119 cm³/mol. The normalized spacial score (nSPS) is 16.2. The molecule has 1 N–H and O–H groups in total. The summed E-state index contributed by atoms with van der Waals surface area (Å²) in [7, 11) is -5.84. The maximum atomic E-state index is 10.7. The molecule has 176 valence electrons. The Balaban J connectivity index is 0.000000366. The average Bonchev–Trinajstić information content (AvgIpc) is 3.15. The maximum absolute atomic E-state index is 10.7. The first-order chi connectivity index (χ1) is 14.6. The minimum Gasteiger partial charge on any atom is -0.492 e. The molecule has 1 aliphatic heterocycles. The summed E-state index contributed by atoms with van der Waals surface area (Å²) in [5.74, 6) is 1.80. The number of thiophene rings is 1. The highest BCUT2D eigenvalue weighted by Crippen LogP contribution is 2.40. The van der Waals surface area contributed by atoms with Crippen molar-refractivity contribution in [3.05, 3.63) is 29.1 Å². The van der Waals surface area contributed by atoms with E-state index in [1.165, 1.54) is 55.4 Å². The summed E-state index contributed by atoms with van der Waals surface area (Å²) in [6.45, 7) is 9.04. The van der Waals surface area contributed by atoms with Gasteiger partial charge in [-0.1, -0.05) is 32.4 Å². The number of hydrogen-bond donors (Lipinski definition) is 1. The maximum Gasteiger partial charge on any atom is 0.522 e. The Kier molecular flexibility index (Phi) is 9.60. The van der Waals surface area contributed by atoms with Crippen molar-refractivity contribution in [1.82, 2.24) is 4.90 Å². The second kappa shape index (κ2) is 11.5. The lowest BCUT2D eigenvalue weighted by molar-refractivity contribution is -0.0510. The highest BCUT2D eigenvalue weighted by Gasteiger charge is 2.44. The quantitative estimate of drug-likeness (QED) is 0.384. The van der Waals surface area contributed by atoms with Crippen LogP contribution >= 0.6 is 11.3 Å². The smallest absolute Gasteiger partial charge is 0.492 e. The van der Waals surface area contributed by atoms with Crippen molar-refractivity contribution in [2.24, 2.45) is 0 Å². The molecule has 2 aromatic rings. The van der Waals surface area contributed by atoms with Crippen molar-refractivity contribution in [1.29, 1.82) is 0 Å². The molecule has 2 heterocycles. The van der Waals surface area contributed by atoms with Crippen LogP contribution in [-0.2, 0) is 10.1 Å². The Hall–Kier alpha value is -1.36. The van der Waals surface area contributed by atoms with Crippen LogP contribution in [0.25, 0.3) is 10.1 Å². The van der Waals surface area contributed by atoms with Gasteiger partial charge in [-0.3, -0.25) is 4.55 Å². The molecule has 0 saturated carbocycles. The largest absolute Gasteiger partial charge is 0.522 e. The molecule has 0 aliphatic carbocycles. The Morgan fingerprint density at radius 2 is 1.84 bits per heavy atom. The molecule has 3 rings (SSSR count). The number of fused-ring (bicyclic) bond motifs is 1. The van der Waals surface area contributed by atoms with Gasteiger partial charge in [0.25, 0.3) is 0 Å². The fourth-order valence-electron chi connectivity index (χ4n) is 3.54. The summed E-state index contributed by atoms with van der Waals surface area (Å²) in [4.78, 5) is 2.64. The zero-order valence-electron chi connectivity index (χ0n) is 17.8. The van der Waals surface area contributed by atoms with Crippen LogP contribution in [0, 0.1) is 0 Å². The van der Waals surface area contributed by atoms with Crippen molar-refractivity contribution in [2.75, 3.05) is 26.2 Å². The van der Waals surface area contributed by atoms with Gasteiger partial charge < -0.3 is 9.64 Å². The third kappa shape index (κ3) is 7.34. The number of benzene rings is 1. The highest BCUT2D eigenvalue weighted by atomic mass is 32.2. The minimum absolute atomic E-state index is 0.725. The van der Waals surface area contributed by atoms with Crippen molar-refractivity contribution < 1.29 is 30.9 Å². The number of rotatable bonds is 7. The topological polar surface area (TPSA) is 66.8 Å². The molecule has 1 aromatic carbocycles. The van der Waals surface area contributed by atoms with Crippen LogP contribution in [0.15, 0.2) is 23.6 Å². The van der Waals surface area contributed by atoms with Gasteiger partial charge in [0.15, 0.2) is 0 Å². The number of ether oxygens (including phenoxy) is 1. The van der Waals surface area contributed by atoms with Crippen LogP contribution in [0.5, 0.6) is 5.75 Å². The van der Waals surface area contributed by atoms with E-state index in [4.69, 9.17) is 17.7 Å². The Morgan fingerprint density at radius 1 is 1.19 bits per heavy atom. The van der Waals surface area contributed by atoms with Crippen LogP contribution in [0.1, 0.15) is 57.4 Å². The van der Waals surface area contributed by atoms with E-state index in [-0.39, 0.29) is 0 Å².